The smallest absolute Gasteiger partial charge is 0.258 e. The fourth-order valence-corrected chi connectivity index (χ4v) is 3.02. The molecule has 2 rings (SSSR count). The zero-order chi connectivity index (χ0) is 17.9. The second kappa shape index (κ2) is 7.85. The van der Waals surface area contributed by atoms with E-state index < -0.39 is 0 Å². The zero-order valence-corrected chi connectivity index (χ0v) is 15.2. The van der Waals surface area contributed by atoms with E-state index in [1.165, 1.54) is 0 Å². The Morgan fingerprint density at radius 3 is 2.75 bits per heavy atom. The predicted molar refractivity (Wildman–Crippen MR) is 95.9 cm³/mol. The molecule has 0 spiro atoms. The number of anilines is 1. The summed E-state index contributed by atoms with van der Waals surface area (Å²) in [6, 6.07) is 5.39. The second-order valence-electron chi connectivity index (χ2n) is 6.73. The first kappa shape index (κ1) is 18.5. The normalized spacial score (nSPS) is 22.2. The Bertz CT molecular complexity index is 577. The molecule has 6 nitrogen and oxygen atoms in total. The van der Waals surface area contributed by atoms with E-state index in [0.29, 0.717) is 24.4 Å². The monoisotopic (exact) mass is 335 g/mol. The molecule has 0 saturated heterocycles. The van der Waals surface area contributed by atoms with Crippen molar-refractivity contribution in [3.8, 4) is 5.75 Å². The Hall–Kier alpha value is -1.79. The number of hydrogen-bond acceptors (Lipinski definition) is 5. The van der Waals surface area contributed by atoms with Gasteiger partial charge in [0.05, 0.1) is 23.9 Å². The van der Waals surface area contributed by atoms with Gasteiger partial charge in [-0.05, 0) is 26.1 Å². The lowest BCUT2D eigenvalue weighted by Crippen LogP contribution is -2.49. The summed E-state index contributed by atoms with van der Waals surface area (Å²) in [6.07, 6.45) is -0.0589. The van der Waals surface area contributed by atoms with Gasteiger partial charge in [0.25, 0.3) is 5.91 Å². The Morgan fingerprint density at radius 2 is 2.17 bits per heavy atom. The van der Waals surface area contributed by atoms with Gasteiger partial charge in [0.15, 0.2) is 5.75 Å². The van der Waals surface area contributed by atoms with Gasteiger partial charge in [-0.1, -0.05) is 13.0 Å². The number of nitrogens with one attached hydrogen (secondary N) is 1. The lowest BCUT2D eigenvalue weighted by molar-refractivity contribution is 0.0417. The molecule has 1 aliphatic heterocycles. The fourth-order valence-electron chi connectivity index (χ4n) is 3.02. The number of amides is 1. The van der Waals surface area contributed by atoms with Gasteiger partial charge >= 0.3 is 0 Å². The van der Waals surface area contributed by atoms with Crippen LogP contribution in [0.1, 0.15) is 24.2 Å². The third kappa shape index (κ3) is 3.65. The van der Waals surface area contributed by atoms with E-state index >= 15 is 0 Å². The third-order valence-electron chi connectivity index (χ3n) is 4.56. The SMILES string of the molecule is CNC[C@@H]1Oc2c(cccc2N(C)C)C(=O)N([C@@H](C)CO)C[C@H]1C. The van der Waals surface area contributed by atoms with E-state index in [1.54, 1.807) is 11.0 Å². The average molecular weight is 335 g/mol. The highest BCUT2D eigenvalue weighted by atomic mass is 16.5. The highest BCUT2D eigenvalue weighted by Crippen LogP contribution is 2.35. The van der Waals surface area contributed by atoms with Crippen LogP contribution in [-0.2, 0) is 0 Å². The molecular formula is C18H29N3O3. The molecule has 6 heteroatoms. The minimum Gasteiger partial charge on any atom is -0.486 e. The molecule has 1 aromatic carbocycles. The number of carbonyl (C=O) groups is 1. The number of nitrogens with zero attached hydrogens (tertiary/aromatic N) is 2. The van der Waals surface area contributed by atoms with Crippen LogP contribution in [0.3, 0.4) is 0 Å². The van der Waals surface area contributed by atoms with Gasteiger partial charge in [0.1, 0.15) is 6.10 Å². The molecule has 2 N–H and O–H groups in total. The Morgan fingerprint density at radius 1 is 1.46 bits per heavy atom. The molecule has 1 amide bonds. The first-order chi connectivity index (χ1) is 11.4. The van der Waals surface area contributed by atoms with Crippen molar-refractivity contribution in [1.29, 1.82) is 0 Å². The molecule has 3 atom stereocenters. The largest absolute Gasteiger partial charge is 0.486 e. The number of fused-ring (bicyclic) bond motifs is 1. The van der Waals surface area contributed by atoms with E-state index in [1.807, 2.05) is 45.1 Å². The van der Waals surface area contributed by atoms with Crippen molar-refractivity contribution >= 4 is 11.6 Å². The van der Waals surface area contributed by atoms with Crippen LogP contribution in [0.4, 0.5) is 5.69 Å². The summed E-state index contributed by atoms with van der Waals surface area (Å²) in [5.74, 6) is 0.665. The zero-order valence-electron chi connectivity index (χ0n) is 15.2. The highest BCUT2D eigenvalue weighted by molar-refractivity contribution is 5.99. The Kier molecular flexibility index (Phi) is 6.07. The summed E-state index contributed by atoms with van der Waals surface area (Å²) in [7, 11) is 5.77. The van der Waals surface area contributed by atoms with Gasteiger partial charge in [-0.3, -0.25) is 4.79 Å². The summed E-state index contributed by atoms with van der Waals surface area (Å²) in [4.78, 5) is 16.8. The van der Waals surface area contributed by atoms with Crippen LogP contribution in [0.15, 0.2) is 18.2 Å². The number of ether oxygens (including phenoxy) is 1. The summed E-state index contributed by atoms with van der Waals surface area (Å²) in [6.45, 7) is 5.14. The molecule has 1 aromatic rings. The first-order valence-corrected chi connectivity index (χ1v) is 8.44. The van der Waals surface area contributed by atoms with E-state index in [9.17, 15) is 9.90 Å². The first-order valence-electron chi connectivity index (χ1n) is 8.44. The maximum absolute atomic E-state index is 13.1. The molecule has 0 radical (unpaired) electrons. The van der Waals surface area contributed by atoms with Crippen LogP contribution < -0.4 is 15.0 Å². The average Bonchev–Trinajstić information content (AvgIpc) is 2.56. The predicted octanol–water partition coefficient (Wildman–Crippen LogP) is 1.19. The van der Waals surface area contributed by atoms with Crippen LogP contribution in [0.25, 0.3) is 0 Å². The summed E-state index contributed by atoms with van der Waals surface area (Å²) >= 11 is 0. The molecule has 0 aromatic heterocycles. The van der Waals surface area contributed by atoms with E-state index in [2.05, 4.69) is 12.2 Å². The minimum atomic E-state index is -0.232. The van der Waals surface area contributed by atoms with Gasteiger partial charge < -0.3 is 25.0 Å². The summed E-state index contributed by atoms with van der Waals surface area (Å²) in [5.41, 5.74) is 1.43. The van der Waals surface area contributed by atoms with Crippen LogP contribution in [-0.4, -0.2) is 68.9 Å². The number of aliphatic hydroxyl groups excluding tert-OH is 1. The van der Waals surface area contributed by atoms with Gasteiger partial charge in [0.2, 0.25) is 0 Å². The number of para-hydroxylation sites is 1. The fraction of sp³-hybridized carbons (Fsp3) is 0.611. The van der Waals surface area contributed by atoms with Crippen molar-refractivity contribution in [3.63, 3.8) is 0 Å². The van der Waals surface area contributed by atoms with Crippen LogP contribution in [0.5, 0.6) is 5.75 Å². The maximum Gasteiger partial charge on any atom is 0.258 e. The van der Waals surface area contributed by atoms with Crippen molar-refractivity contribution < 1.29 is 14.6 Å². The molecule has 0 unspecified atom stereocenters. The van der Waals surface area contributed by atoms with Crippen LogP contribution >= 0.6 is 0 Å². The number of aliphatic hydroxyl groups is 1. The quantitative estimate of drug-likeness (QED) is 0.846. The molecule has 0 fully saturated rings. The maximum atomic E-state index is 13.1. The van der Waals surface area contributed by atoms with Crippen molar-refractivity contribution in [2.24, 2.45) is 5.92 Å². The van der Waals surface area contributed by atoms with Crippen molar-refractivity contribution in [1.82, 2.24) is 10.2 Å². The molecule has 134 valence electrons. The molecule has 1 heterocycles. The van der Waals surface area contributed by atoms with Gasteiger partial charge in [-0.15, -0.1) is 0 Å². The van der Waals surface area contributed by atoms with Gasteiger partial charge in [0, 0.05) is 33.1 Å². The van der Waals surface area contributed by atoms with Crippen molar-refractivity contribution in [3.05, 3.63) is 23.8 Å². The Balaban J connectivity index is 2.56. The number of carbonyl (C=O) groups excluding carboxylic acids is 1. The molecule has 0 bridgehead atoms. The van der Waals surface area contributed by atoms with Crippen LogP contribution in [0, 0.1) is 5.92 Å². The van der Waals surface area contributed by atoms with Crippen molar-refractivity contribution in [2.75, 3.05) is 45.7 Å². The summed E-state index contributed by atoms with van der Waals surface area (Å²) < 4.78 is 6.30. The Labute approximate surface area is 144 Å². The van der Waals surface area contributed by atoms with Gasteiger partial charge in [-0.2, -0.15) is 0 Å². The third-order valence-corrected chi connectivity index (χ3v) is 4.56. The molecule has 1 aliphatic rings. The van der Waals surface area contributed by atoms with Crippen LogP contribution in [0.2, 0.25) is 0 Å². The van der Waals surface area contributed by atoms with E-state index in [-0.39, 0.29) is 30.6 Å². The topological polar surface area (TPSA) is 65.0 Å². The lowest BCUT2D eigenvalue weighted by atomic mass is 9.99. The van der Waals surface area contributed by atoms with Crippen molar-refractivity contribution in [2.45, 2.75) is 26.0 Å². The van der Waals surface area contributed by atoms with E-state index in [0.717, 1.165) is 5.69 Å². The summed E-state index contributed by atoms with van der Waals surface area (Å²) in [5, 5.41) is 12.7. The molecule has 0 aliphatic carbocycles. The van der Waals surface area contributed by atoms with E-state index in [4.69, 9.17) is 4.74 Å². The second-order valence-corrected chi connectivity index (χ2v) is 6.73. The number of rotatable bonds is 5. The molecule has 24 heavy (non-hydrogen) atoms. The minimum absolute atomic E-state index is 0.0568. The standard InChI is InChI=1S/C18H29N3O3/c1-12-10-21(13(2)11-22)18(23)14-7-6-8-15(20(4)5)17(14)24-16(12)9-19-3/h6-8,12-13,16,19,22H,9-11H2,1-5H3/t12-,13+,16+/m1/s1. The molecule has 0 saturated carbocycles. The number of likely N-dealkylation sites (N-methyl/N-ethyl adjacent to an activating group) is 1. The highest BCUT2D eigenvalue weighted by Gasteiger charge is 2.33. The number of benzene rings is 1. The lowest BCUT2D eigenvalue weighted by Gasteiger charge is -2.38. The van der Waals surface area contributed by atoms with Gasteiger partial charge in [-0.25, -0.2) is 0 Å². The molecular weight excluding hydrogens is 306 g/mol. The number of hydrogen-bond donors (Lipinski definition) is 2.